The Bertz CT molecular complexity index is 32.6. The van der Waals surface area contributed by atoms with Crippen LogP contribution in [0, 0.1) is 0 Å². The van der Waals surface area contributed by atoms with Crippen molar-refractivity contribution < 1.29 is 28.8 Å². The summed E-state index contributed by atoms with van der Waals surface area (Å²) in [5, 5.41) is 0. The topological polar surface area (TPSA) is 102 Å². The SMILES string of the molecule is [C]=O.[C]=O.[C]=O.[C]=O.[C]=O.[C]=O.[In]. The van der Waals surface area contributed by atoms with E-state index >= 15 is 0 Å². The molecule has 6 nitrogen and oxygen atoms in total. The summed E-state index contributed by atoms with van der Waals surface area (Å²) < 4.78 is 0. The molecule has 7 heteroatoms. The van der Waals surface area contributed by atoms with Crippen LogP contribution in [-0.2, 0) is 28.8 Å². The Morgan fingerprint density at radius 1 is 0.308 bits per heavy atom. The second-order valence-electron chi connectivity index (χ2n) is 0. The van der Waals surface area contributed by atoms with Crippen molar-refractivity contribution in [3.63, 3.8) is 0 Å². The van der Waals surface area contributed by atoms with Crippen LogP contribution in [0.4, 0.5) is 0 Å². The molecule has 0 N–H and O–H groups in total. The maximum Gasteiger partial charge on any atom is 0.281 e. The van der Waals surface area contributed by atoms with Gasteiger partial charge in [0.2, 0.25) is 0 Å². The largest absolute Gasteiger partial charge is 0.281 e. The molecule has 0 aliphatic heterocycles. The molecule has 0 aliphatic rings. The van der Waals surface area contributed by atoms with Crippen molar-refractivity contribution in [3.05, 3.63) is 0 Å². The standard InChI is InChI=1S/6CO.In/c6*1-2;. The van der Waals surface area contributed by atoms with Gasteiger partial charge in [0.1, 0.15) is 0 Å². The summed E-state index contributed by atoms with van der Waals surface area (Å²) in [5.74, 6) is 0. The maximum absolute atomic E-state index is 7.50. The summed E-state index contributed by atoms with van der Waals surface area (Å²) in [7, 11) is 0. The third-order valence-electron chi connectivity index (χ3n) is 0. The van der Waals surface area contributed by atoms with E-state index in [1.54, 1.807) is 0 Å². The molecule has 0 aromatic carbocycles. The monoisotopic (exact) mass is 283 g/mol. The van der Waals surface area contributed by atoms with Gasteiger partial charge in [-0.05, 0) is 0 Å². The summed E-state index contributed by atoms with van der Waals surface area (Å²) in [6.45, 7) is 27.0. The van der Waals surface area contributed by atoms with E-state index in [0.29, 0.717) is 0 Å². The molecule has 0 fully saturated rings. The number of rotatable bonds is 0. The molecule has 15 radical (unpaired) electrons. The normalized spacial score (nSPS) is 1.85. The minimum absolute atomic E-state index is 0. The van der Waals surface area contributed by atoms with Gasteiger partial charge in [-0.3, -0.25) is 28.8 Å². The van der Waals surface area contributed by atoms with Crippen LogP contribution in [0.25, 0.3) is 0 Å². The molecule has 0 rings (SSSR count). The van der Waals surface area contributed by atoms with E-state index in [1.807, 2.05) is 0 Å². The van der Waals surface area contributed by atoms with Crippen LogP contribution < -0.4 is 0 Å². The van der Waals surface area contributed by atoms with E-state index in [9.17, 15) is 0 Å². The Hall–Kier alpha value is -1.11. The van der Waals surface area contributed by atoms with Gasteiger partial charge < -0.3 is 0 Å². The first-order chi connectivity index (χ1) is 6.00. The van der Waals surface area contributed by atoms with Gasteiger partial charge in [-0.1, -0.05) is 0 Å². The Morgan fingerprint density at radius 2 is 0.308 bits per heavy atom. The van der Waals surface area contributed by atoms with E-state index in [2.05, 4.69) is 40.7 Å². The van der Waals surface area contributed by atoms with Crippen molar-refractivity contribution in [2.45, 2.75) is 0 Å². The molecule has 0 heterocycles. The zero-order valence-corrected chi connectivity index (χ0v) is 9.32. The van der Waals surface area contributed by atoms with Crippen molar-refractivity contribution in [1.29, 1.82) is 0 Å². The Labute approximate surface area is 95.5 Å². The predicted molar refractivity (Wildman–Crippen MR) is 39.9 cm³/mol. The van der Waals surface area contributed by atoms with E-state index in [0.717, 1.165) is 0 Å². The number of hydrogen-bond donors (Lipinski definition) is 0. The minimum Gasteiger partial charge on any atom is -0.281 e. The second-order valence-corrected chi connectivity index (χ2v) is 0. The molecule has 63 valence electrons. The smallest absolute Gasteiger partial charge is 0.281 e. The molecule has 0 aromatic rings. The van der Waals surface area contributed by atoms with Gasteiger partial charge in [0.25, 0.3) is 40.7 Å². The molecule has 0 amide bonds. The van der Waals surface area contributed by atoms with Crippen LogP contribution in [-0.4, -0.2) is 66.6 Å². The molecular formula is C6InO6. The Balaban J connectivity index is -0.00000000655. The van der Waals surface area contributed by atoms with Gasteiger partial charge in [-0.2, -0.15) is 0 Å². The van der Waals surface area contributed by atoms with E-state index in [4.69, 9.17) is 28.8 Å². The molecule has 0 saturated carbocycles. The fourth-order valence-electron chi connectivity index (χ4n) is 0. The van der Waals surface area contributed by atoms with Crippen molar-refractivity contribution in [3.8, 4) is 0 Å². The molecular weight excluding hydrogens is 283 g/mol. The first-order valence-electron chi connectivity index (χ1n) is 1.22. The average Bonchev–Trinajstić information content (AvgIpc) is 2.33. The van der Waals surface area contributed by atoms with Crippen LogP contribution in [0.15, 0.2) is 0 Å². The van der Waals surface area contributed by atoms with Gasteiger partial charge in [-0.25, -0.2) is 0 Å². The summed E-state index contributed by atoms with van der Waals surface area (Å²) in [6.07, 6.45) is 0. The summed E-state index contributed by atoms with van der Waals surface area (Å²) >= 11 is 0. The molecule has 0 aliphatic carbocycles. The van der Waals surface area contributed by atoms with Gasteiger partial charge in [0.15, 0.2) is 0 Å². The van der Waals surface area contributed by atoms with Crippen LogP contribution in [0.1, 0.15) is 0 Å². The van der Waals surface area contributed by atoms with E-state index in [-0.39, 0.29) is 25.8 Å². The predicted octanol–water partition coefficient (Wildman–Crippen LogP) is -2.76. The second kappa shape index (κ2) is 865. The molecule has 13 heavy (non-hydrogen) atoms. The van der Waals surface area contributed by atoms with E-state index in [1.165, 1.54) is 0 Å². The number of carbonyl (C=O) groups excluding carboxylic acids is 6. The summed E-state index contributed by atoms with van der Waals surface area (Å²) in [5.41, 5.74) is 0. The molecule has 0 aromatic heterocycles. The van der Waals surface area contributed by atoms with Crippen molar-refractivity contribution in [2.24, 2.45) is 0 Å². The van der Waals surface area contributed by atoms with Gasteiger partial charge in [0, 0.05) is 25.8 Å². The fraction of sp³-hybridized carbons (Fsp3) is 0. The Kier molecular flexibility index (Phi) is 3920. The maximum atomic E-state index is 7.50. The molecule has 0 saturated heterocycles. The summed E-state index contributed by atoms with van der Waals surface area (Å²) in [6, 6.07) is 0. The van der Waals surface area contributed by atoms with Gasteiger partial charge in [0.05, 0.1) is 0 Å². The average molecular weight is 283 g/mol. The minimum atomic E-state index is 0. The summed E-state index contributed by atoms with van der Waals surface area (Å²) in [4.78, 5) is 45.0. The molecule has 0 unspecified atom stereocenters. The van der Waals surface area contributed by atoms with Crippen LogP contribution in [0.3, 0.4) is 0 Å². The van der Waals surface area contributed by atoms with Gasteiger partial charge in [-0.15, -0.1) is 0 Å². The van der Waals surface area contributed by atoms with Crippen molar-refractivity contribution >= 4 is 66.6 Å². The third kappa shape index (κ3) is 699. The third-order valence-corrected chi connectivity index (χ3v) is 0. The first kappa shape index (κ1) is 59.0. The van der Waals surface area contributed by atoms with Crippen LogP contribution in [0.5, 0.6) is 0 Å². The fourth-order valence-corrected chi connectivity index (χ4v) is 0. The van der Waals surface area contributed by atoms with Crippen LogP contribution in [0.2, 0.25) is 0 Å². The zero-order chi connectivity index (χ0) is 12.0. The Morgan fingerprint density at radius 3 is 0.308 bits per heavy atom. The molecule has 0 bridgehead atoms. The zero-order valence-electron chi connectivity index (χ0n) is 6.03. The van der Waals surface area contributed by atoms with E-state index < -0.39 is 0 Å². The first-order valence-corrected chi connectivity index (χ1v) is 1.22. The quantitative estimate of drug-likeness (QED) is 0.477. The van der Waals surface area contributed by atoms with Crippen molar-refractivity contribution in [2.75, 3.05) is 0 Å². The molecule has 0 spiro atoms. The number of hydrogen-bond acceptors (Lipinski definition) is 6. The van der Waals surface area contributed by atoms with Crippen LogP contribution >= 0.6 is 0 Å². The van der Waals surface area contributed by atoms with Crippen molar-refractivity contribution in [1.82, 2.24) is 0 Å². The molecule has 0 atom stereocenters. The van der Waals surface area contributed by atoms with Gasteiger partial charge >= 0.3 is 0 Å².